The van der Waals surface area contributed by atoms with E-state index in [0.29, 0.717) is 0 Å². The molecule has 0 spiro atoms. The maximum absolute atomic E-state index is 9.77. The summed E-state index contributed by atoms with van der Waals surface area (Å²) in [5.74, 6) is -2.40. The van der Waals surface area contributed by atoms with Crippen LogP contribution in [0.25, 0.3) is 0 Å². The molecule has 1 radical (unpaired) electrons. The molecule has 17 heavy (non-hydrogen) atoms. The van der Waals surface area contributed by atoms with Crippen LogP contribution in [0, 0.1) is 0 Å². The Morgan fingerprint density at radius 2 is 0.824 bits per heavy atom. The second kappa shape index (κ2) is 10.5. The maximum Gasteiger partial charge on any atom is 0.335 e. The predicted octanol–water partition coefficient (Wildman–Crippen LogP) is -1.97. The van der Waals surface area contributed by atoms with Crippen LogP contribution < -0.4 is 0 Å². The number of aliphatic carboxylic acids is 2. The van der Waals surface area contributed by atoms with Crippen LogP contribution >= 0.6 is 0 Å². The molecule has 0 bridgehead atoms. The van der Waals surface area contributed by atoms with Gasteiger partial charge in [-0.05, 0) is 27.7 Å². The van der Waals surface area contributed by atoms with Gasteiger partial charge in [0, 0.05) is 17.1 Å². The first-order valence-electron chi connectivity index (χ1n) is 3.80. The number of carboxylic acid groups (broad SMARTS) is 2. The van der Waals surface area contributed by atoms with E-state index in [2.05, 4.69) is 0 Å². The summed E-state index contributed by atoms with van der Waals surface area (Å²) in [5.41, 5.74) is -3.17. The molecule has 0 aromatic carbocycles. The van der Waals surface area contributed by atoms with E-state index in [9.17, 15) is 9.59 Å². The third-order valence-electron chi connectivity index (χ3n) is 1.05. The second-order valence-electron chi connectivity index (χ2n) is 3.73. The van der Waals surface area contributed by atoms with E-state index in [1.165, 1.54) is 27.7 Å². The Morgan fingerprint density at radius 3 is 0.824 bits per heavy atom. The average molecular weight is 308 g/mol. The molecule has 0 aliphatic rings. The minimum absolute atomic E-state index is 0. The van der Waals surface area contributed by atoms with Crippen molar-refractivity contribution in [3.8, 4) is 0 Å². The number of carboxylic acids is 2. The molecule has 0 saturated carbocycles. The van der Waals surface area contributed by atoms with Gasteiger partial charge in [0.15, 0.2) is 11.2 Å². The van der Waals surface area contributed by atoms with Crippen LogP contribution in [0.3, 0.4) is 0 Å². The number of hydrogen-bond acceptors (Lipinski definition) is 4. The number of carbonyl (C=O) groups is 2. The van der Waals surface area contributed by atoms with Gasteiger partial charge in [0.25, 0.3) is 0 Å². The van der Waals surface area contributed by atoms with Gasteiger partial charge in [-0.3, -0.25) is 0 Å². The predicted molar refractivity (Wildman–Crippen MR) is 55.1 cm³/mol. The van der Waals surface area contributed by atoms with Gasteiger partial charge in [0.1, 0.15) is 0 Å². The largest absolute Gasteiger partial charge is 0.479 e. The number of rotatable bonds is 2. The van der Waals surface area contributed by atoms with Gasteiger partial charge < -0.3 is 31.4 Å². The Hall–Kier alpha value is -0.701. The van der Waals surface area contributed by atoms with Gasteiger partial charge >= 0.3 is 11.9 Å². The van der Waals surface area contributed by atoms with Crippen molar-refractivity contribution in [3.63, 3.8) is 0 Å². The Balaban J connectivity index is -0.0000000480. The summed E-state index contributed by atoms with van der Waals surface area (Å²) in [6, 6.07) is 0. The van der Waals surface area contributed by atoms with Crippen LogP contribution in [0.5, 0.6) is 0 Å². The zero-order valence-electron chi connectivity index (χ0n) is 9.91. The zero-order valence-corrected chi connectivity index (χ0v) is 10.8. The van der Waals surface area contributed by atoms with Crippen molar-refractivity contribution >= 4 is 11.9 Å². The van der Waals surface area contributed by atoms with Crippen molar-refractivity contribution in [2.75, 3.05) is 0 Å². The molecule has 0 aromatic heterocycles. The molecule has 0 unspecified atom stereocenters. The molecule has 0 heterocycles. The average Bonchev–Trinajstić information content (AvgIpc) is 1.83. The third-order valence-corrected chi connectivity index (χ3v) is 1.05. The number of aliphatic hydroxyl groups is 2. The van der Waals surface area contributed by atoms with Crippen LogP contribution in [0.15, 0.2) is 0 Å². The molecule has 0 aromatic rings. The maximum atomic E-state index is 9.77. The van der Waals surface area contributed by atoms with E-state index in [0.717, 1.165) is 0 Å². The van der Waals surface area contributed by atoms with Crippen molar-refractivity contribution in [1.82, 2.24) is 0 Å². The molecule has 0 atom stereocenters. The van der Waals surface area contributed by atoms with Gasteiger partial charge in [0.05, 0.1) is 0 Å². The first kappa shape index (κ1) is 29.9. The summed E-state index contributed by atoms with van der Waals surface area (Å²) in [6.45, 7) is 4.87. The molecular weight excluding hydrogens is 288 g/mol. The van der Waals surface area contributed by atoms with E-state index >= 15 is 0 Å². The third kappa shape index (κ3) is 21.2. The van der Waals surface area contributed by atoms with Gasteiger partial charge in [-0.1, -0.05) is 0 Å². The monoisotopic (exact) mass is 307 g/mol. The molecule has 8 N–H and O–H groups in total. The fourth-order valence-corrected chi connectivity index (χ4v) is 0. The topological polar surface area (TPSA) is 178 Å². The molecule has 111 valence electrons. The van der Waals surface area contributed by atoms with Crippen molar-refractivity contribution < 1.29 is 58.0 Å². The summed E-state index contributed by atoms with van der Waals surface area (Å²) in [6.07, 6.45) is 0. The van der Waals surface area contributed by atoms with Crippen molar-refractivity contribution in [2.24, 2.45) is 0 Å². The Kier molecular flexibility index (Phi) is 18.4. The van der Waals surface area contributed by atoms with Crippen LogP contribution in [0.2, 0.25) is 0 Å². The molecule has 0 saturated heterocycles. The minimum atomic E-state index is -1.58. The van der Waals surface area contributed by atoms with Crippen molar-refractivity contribution in [1.29, 1.82) is 0 Å². The van der Waals surface area contributed by atoms with Crippen LogP contribution in [0.1, 0.15) is 27.7 Å². The Bertz CT molecular complexity index is 191. The Labute approximate surface area is 109 Å². The van der Waals surface area contributed by atoms with Gasteiger partial charge in [-0.2, -0.15) is 0 Å². The van der Waals surface area contributed by atoms with Crippen LogP contribution in [-0.4, -0.2) is 54.5 Å². The molecule has 8 nitrogen and oxygen atoms in total. The first-order chi connectivity index (χ1) is 5.89. The summed E-state index contributed by atoms with van der Waals surface area (Å²) in [7, 11) is 0. The van der Waals surface area contributed by atoms with Crippen molar-refractivity contribution in [2.45, 2.75) is 38.9 Å². The van der Waals surface area contributed by atoms with Crippen molar-refractivity contribution in [3.05, 3.63) is 0 Å². The fourth-order valence-electron chi connectivity index (χ4n) is 0. The fraction of sp³-hybridized carbons (Fsp3) is 0.750. The van der Waals surface area contributed by atoms with E-state index in [4.69, 9.17) is 20.4 Å². The first-order valence-corrected chi connectivity index (χ1v) is 3.80. The van der Waals surface area contributed by atoms with E-state index < -0.39 is 23.1 Å². The summed E-state index contributed by atoms with van der Waals surface area (Å²) < 4.78 is 0. The van der Waals surface area contributed by atoms with Crippen LogP contribution in [-0.2, 0) is 26.7 Å². The standard InChI is InChI=1S/2C4H8O3.Cu.2H2O/c2*1-4(2,7)3(5)6;;;/h2*7H,1-2H3,(H,5,6);;2*1H2. The summed E-state index contributed by atoms with van der Waals surface area (Å²) in [5, 5.41) is 33.0. The van der Waals surface area contributed by atoms with Gasteiger partial charge in [-0.25, -0.2) is 9.59 Å². The molecule has 0 rings (SSSR count). The van der Waals surface area contributed by atoms with E-state index in [1.54, 1.807) is 0 Å². The van der Waals surface area contributed by atoms with E-state index in [-0.39, 0.29) is 28.0 Å². The normalized spacial score (nSPS) is 9.29. The molecule has 0 aliphatic heterocycles. The van der Waals surface area contributed by atoms with Gasteiger partial charge in [-0.15, -0.1) is 0 Å². The van der Waals surface area contributed by atoms with E-state index in [1.807, 2.05) is 0 Å². The quantitative estimate of drug-likeness (QED) is 0.430. The zero-order chi connectivity index (χ0) is 12.2. The molecule has 0 amide bonds. The molecule has 0 fully saturated rings. The molecular formula is C8H20CuO8. The van der Waals surface area contributed by atoms with Crippen LogP contribution in [0.4, 0.5) is 0 Å². The summed E-state index contributed by atoms with van der Waals surface area (Å²) >= 11 is 0. The number of hydrogen-bond donors (Lipinski definition) is 4. The summed E-state index contributed by atoms with van der Waals surface area (Å²) in [4.78, 5) is 19.5. The Morgan fingerprint density at radius 1 is 0.765 bits per heavy atom. The van der Waals surface area contributed by atoms with Gasteiger partial charge in [0.2, 0.25) is 0 Å². The second-order valence-corrected chi connectivity index (χ2v) is 3.73. The minimum Gasteiger partial charge on any atom is -0.479 e. The SMILES string of the molecule is CC(C)(O)C(=O)O.CC(C)(O)C(=O)O.O.O.[Cu]. The smallest absolute Gasteiger partial charge is 0.335 e. The molecule has 9 heteroatoms. The molecule has 0 aliphatic carbocycles.